The zero-order chi connectivity index (χ0) is 17.6. The molecule has 0 aliphatic heterocycles. The van der Waals surface area contributed by atoms with E-state index >= 15 is 0 Å². The van der Waals surface area contributed by atoms with Gasteiger partial charge in [-0.2, -0.15) is 0 Å². The van der Waals surface area contributed by atoms with E-state index in [-0.39, 0.29) is 12.0 Å². The zero-order valence-electron chi connectivity index (χ0n) is 14.6. The predicted molar refractivity (Wildman–Crippen MR) is 89.8 cm³/mol. The Morgan fingerprint density at radius 2 is 2.00 bits per heavy atom. The molecule has 1 rings (SSSR count). The van der Waals surface area contributed by atoms with Crippen LogP contribution in [-0.2, 0) is 15.9 Å². The summed E-state index contributed by atoms with van der Waals surface area (Å²) in [6.45, 7) is 9.59. The first-order valence-corrected chi connectivity index (χ1v) is 8.52. The smallest absolute Gasteiger partial charge is 0.407 e. The lowest BCUT2D eigenvalue weighted by Gasteiger charge is -2.25. The monoisotopic (exact) mass is 342 g/mol. The van der Waals surface area contributed by atoms with Crippen LogP contribution >= 0.6 is 11.3 Å². The third-order valence-corrected chi connectivity index (χ3v) is 4.03. The highest BCUT2D eigenvalue weighted by atomic mass is 32.1. The van der Waals surface area contributed by atoms with Gasteiger partial charge < -0.3 is 14.8 Å². The number of alkyl carbamates (subject to hydrolysis) is 1. The van der Waals surface area contributed by atoms with Crippen LogP contribution in [-0.4, -0.2) is 35.8 Å². The van der Waals surface area contributed by atoms with Crippen molar-refractivity contribution in [2.45, 2.75) is 59.1 Å². The molecule has 7 heteroatoms. The van der Waals surface area contributed by atoms with Gasteiger partial charge in [-0.15, -0.1) is 11.3 Å². The number of carbonyl (C=O) groups is 2. The first kappa shape index (κ1) is 19.4. The van der Waals surface area contributed by atoms with E-state index in [1.54, 1.807) is 5.38 Å². The summed E-state index contributed by atoms with van der Waals surface area (Å²) in [4.78, 5) is 27.6. The second kappa shape index (κ2) is 8.29. The topological polar surface area (TPSA) is 77.5 Å². The van der Waals surface area contributed by atoms with Crippen molar-refractivity contribution in [3.63, 3.8) is 0 Å². The Labute approximate surface area is 141 Å². The maximum absolute atomic E-state index is 11.9. The van der Waals surface area contributed by atoms with Gasteiger partial charge in [-0.1, -0.05) is 13.8 Å². The maximum Gasteiger partial charge on any atom is 0.407 e. The van der Waals surface area contributed by atoms with Crippen LogP contribution in [0.2, 0.25) is 0 Å². The van der Waals surface area contributed by atoms with E-state index in [4.69, 9.17) is 4.74 Å². The largest absolute Gasteiger partial charge is 0.464 e. The van der Waals surface area contributed by atoms with Gasteiger partial charge in [-0.3, -0.25) is 0 Å². The van der Waals surface area contributed by atoms with Crippen molar-refractivity contribution < 1.29 is 19.1 Å². The summed E-state index contributed by atoms with van der Waals surface area (Å²) in [5.41, 5.74) is -0.190. The summed E-state index contributed by atoms with van der Waals surface area (Å²) in [5, 5.41) is 5.44. The summed E-state index contributed by atoms with van der Waals surface area (Å²) in [6, 6.07) is -0.0182. The number of aryl methyl sites for hydroxylation is 1. The number of nitrogens with zero attached hydrogens (tertiary/aromatic N) is 1. The minimum Gasteiger partial charge on any atom is -0.464 e. The molecule has 1 N–H and O–H groups in total. The minimum absolute atomic E-state index is 0.0182. The average Bonchev–Trinajstić information content (AvgIpc) is 2.89. The van der Waals surface area contributed by atoms with E-state index < -0.39 is 17.7 Å². The Morgan fingerprint density at radius 3 is 2.52 bits per heavy atom. The second-order valence-corrected chi connectivity index (χ2v) is 7.60. The molecule has 0 saturated heterocycles. The highest BCUT2D eigenvalue weighted by Gasteiger charge is 2.22. The van der Waals surface area contributed by atoms with Gasteiger partial charge in [0, 0.05) is 17.8 Å². The van der Waals surface area contributed by atoms with Crippen LogP contribution in [0.4, 0.5) is 4.79 Å². The molecule has 0 saturated carbocycles. The lowest BCUT2D eigenvalue weighted by Crippen LogP contribution is -2.42. The number of hydrogen-bond acceptors (Lipinski definition) is 6. The molecule has 0 radical (unpaired) electrons. The van der Waals surface area contributed by atoms with Gasteiger partial charge in [-0.25, -0.2) is 14.6 Å². The number of thiazole rings is 1. The van der Waals surface area contributed by atoms with Gasteiger partial charge in [-0.05, 0) is 33.1 Å². The molecule has 0 unspecified atom stereocenters. The van der Waals surface area contributed by atoms with Crippen LogP contribution in [0.15, 0.2) is 5.38 Å². The zero-order valence-corrected chi connectivity index (χ0v) is 15.5. The van der Waals surface area contributed by atoms with Crippen molar-refractivity contribution in [1.29, 1.82) is 0 Å². The molecular formula is C16H26N2O4S. The number of hydrogen-bond donors (Lipinski definition) is 1. The molecule has 0 bridgehead atoms. The first-order valence-electron chi connectivity index (χ1n) is 7.64. The van der Waals surface area contributed by atoms with E-state index in [1.165, 1.54) is 18.4 Å². The number of esters is 1. The molecule has 130 valence electrons. The fraction of sp³-hybridized carbons (Fsp3) is 0.688. The maximum atomic E-state index is 11.9. The number of carbonyl (C=O) groups excluding carboxylic acids is 2. The van der Waals surface area contributed by atoms with Gasteiger partial charge in [0.25, 0.3) is 0 Å². The summed E-state index contributed by atoms with van der Waals surface area (Å²) in [5.74, 6) is -0.164. The number of rotatable bonds is 6. The standard InChI is InChI=1S/C16H26N2O4S/c1-10(2)11(18-15(20)22-16(3,4)5)7-8-13-17-12(9-23-13)14(19)21-6/h9-11H,7-8H2,1-6H3,(H,18,20)/t11-/m1/s1. The predicted octanol–water partition coefficient (Wildman–Crippen LogP) is 3.41. The van der Waals surface area contributed by atoms with E-state index in [0.29, 0.717) is 12.1 Å². The molecule has 23 heavy (non-hydrogen) atoms. The number of ether oxygens (including phenoxy) is 2. The minimum atomic E-state index is -0.518. The molecule has 1 atom stereocenters. The van der Waals surface area contributed by atoms with Gasteiger partial charge in [0.2, 0.25) is 0 Å². The second-order valence-electron chi connectivity index (χ2n) is 6.65. The molecule has 0 aliphatic carbocycles. The van der Waals surface area contributed by atoms with Crippen molar-refractivity contribution in [1.82, 2.24) is 10.3 Å². The lowest BCUT2D eigenvalue weighted by atomic mass is 9.99. The number of amides is 1. The summed E-state index contributed by atoms with van der Waals surface area (Å²) in [6.07, 6.45) is 0.997. The SMILES string of the molecule is COC(=O)c1csc(CC[C@@H](NC(=O)OC(C)(C)C)C(C)C)n1. The van der Waals surface area contributed by atoms with Gasteiger partial charge in [0.1, 0.15) is 5.60 Å². The molecule has 0 fully saturated rings. The molecule has 0 aromatic carbocycles. The fourth-order valence-corrected chi connectivity index (χ4v) is 2.72. The van der Waals surface area contributed by atoms with Crippen molar-refractivity contribution in [2.75, 3.05) is 7.11 Å². The van der Waals surface area contributed by atoms with Crippen LogP contribution in [0.25, 0.3) is 0 Å². The molecule has 6 nitrogen and oxygen atoms in total. The molecular weight excluding hydrogens is 316 g/mol. The van der Waals surface area contributed by atoms with Crippen molar-refractivity contribution in [3.8, 4) is 0 Å². The van der Waals surface area contributed by atoms with E-state index in [0.717, 1.165) is 11.4 Å². The normalized spacial score (nSPS) is 12.8. The Morgan fingerprint density at radius 1 is 1.35 bits per heavy atom. The summed E-state index contributed by atoms with van der Waals surface area (Å²) < 4.78 is 9.94. The van der Waals surface area contributed by atoms with E-state index in [9.17, 15) is 9.59 Å². The lowest BCUT2D eigenvalue weighted by molar-refractivity contribution is 0.0486. The third-order valence-electron chi connectivity index (χ3n) is 3.12. The average molecular weight is 342 g/mol. The summed E-state index contributed by atoms with van der Waals surface area (Å²) in [7, 11) is 1.33. The Balaban J connectivity index is 2.58. The van der Waals surface area contributed by atoms with E-state index in [1.807, 2.05) is 34.6 Å². The quantitative estimate of drug-likeness (QED) is 0.802. The van der Waals surface area contributed by atoms with Crippen LogP contribution in [0.5, 0.6) is 0 Å². The van der Waals surface area contributed by atoms with Gasteiger partial charge in [0.15, 0.2) is 5.69 Å². The van der Waals surface area contributed by atoms with Crippen molar-refractivity contribution in [3.05, 3.63) is 16.1 Å². The third kappa shape index (κ3) is 6.99. The molecule has 0 spiro atoms. The molecule has 1 heterocycles. The number of aromatic nitrogens is 1. The van der Waals surface area contributed by atoms with Crippen LogP contribution < -0.4 is 5.32 Å². The Bertz CT molecular complexity index is 534. The number of nitrogens with one attached hydrogen (secondary N) is 1. The highest BCUT2D eigenvalue weighted by molar-refractivity contribution is 7.09. The molecule has 0 aliphatic rings. The highest BCUT2D eigenvalue weighted by Crippen LogP contribution is 2.17. The Kier molecular flexibility index (Phi) is 7.00. The van der Waals surface area contributed by atoms with Crippen LogP contribution in [0.3, 0.4) is 0 Å². The number of methoxy groups -OCH3 is 1. The first-order chi connectivity index (χ1) is 10.6. The molecule has 1 amide bonds. The van der Waals surface area contributed by atoms with Crippen LogP contribution in [0, 0.1) is 5.92 Å². The van der Waals surface area contributed by atoms with Crippen LogP contribution in [0.1, 0.15) is 56.5 Å². The van der Waals surface area contributed by atoms with Crippen molar-refractivity contribution in [2.24, 2.45) is 5.92 Å². The Hall–Kier alpha value is -1.63. The molecule has 1 aromatic rings. The molecule has 1 aromatic heterocycles. The summed E-state index contributed by atoms with van der Waals surface area (Å²) >= 11 is 1.42. The van der Waals surface area contributed by atoms with E-state index in [2.05, 4.69) is 15.0 Å². The fourth-order valence-electron chi connectivity index (χ4n) is 1.93. The van der Waals surface area contributed by atoms with Gasteiger partial charge >= 0.3 is 12.1 Å². The van der Waals surface area contributed by atoms with Gasteiger partial charge in [0.05, 0.1) is 12.1 Å². The van der Waals surface area contributed by atoms with Crippen molar-refractivity contribution >= 4 is 23.4 Å².